The molecule has 6 bridgehead atoms. The number of ether oxygens (including phenoxy) is 3. The minimum absolute atomic E-state index is 0.0521. The summed E-state index contributed by atoms with van der Waals surface area (Å²) in [6.07, 6.45) is 32.5. The zero-order chi connectivity index (χ0) is 67.7. The monoisotopic (exact) mass is 1340 g/mol. The number of rotatable bonds is 13. The summed E-state index contributed by atoms with van der Waals surface area (Å²) in [5, 5.41) is 9.03. The molecule has 0 amide bonds. The zero-order valence-corrected chi connectivity index (χ0v) is 60.4. The average molecular weight is 1340 g/mol. The van der Waals surface area contributed by atoms with E-state index in [9.17, 15) is 13.2 Å². The number of nitrogens with zero attached hydrogens (tertiary/aromatic N) is 5. The number of benzene rings is 5. The Morgan fingerprint density at radius 1 is 0.439 bits per heavy atom. The smallest absolute Gasteiger partial charge is 0.416 e. The van der Waals surface area contributed by atoms with Crippen molar-refractivity contribution < 1.29 is 27.4 Å². The second-order valence-electron chi connectivity index (χ2n) is 32.7. The van der Waals surface area contributed by atoms with Gasteiger partial charge in [0.25, 0.3) is 0 Å². The van der Waals surface area contributed by atoms with Crippen molar-refractivity contribution in [2.75, 3.05) is 80.2 Å². The molecule has 9 atom stereocenters. The second-order valence-corrected chi connectivity index (χ2v) is 32.7. The Morgan fingerprint density at radius 2 is 0.990 bits per heavy atom. The lowest BCUT2D eigenvalue weighted by Crippen LogP contribution is -2.43. The van der Waals surface area contributed by atoms with Crippen LogP contribution in [0.15, 0.2) is 103 Å². The van der Waals surface area contributed by atoms with Gasteiger partial charge < -0.3 is 33.8 Å². The number of hydrogen-bond acceptors (Lipinski definition) is 8. The highest BCUT2D eigenvalue weighted by Crippen LogP contribution is 2.51. The maximum absolute atomic E-state index is 13.3. The number of fused-ring (bicyclic) bond motifs is 6. The first-order valence-electron chi connectivity index (χ1n) is 39.3. The Kier molecular flexibility index (Phi) is 24.0. The van der Waals surface area contributed by atoms with Gasteiger partial charge in [-0.1, -0.05) is 105 Å². The van der Waals surface area contributed by atoms with Crippen LogP contribution < -0.4 is 14.2 Å². The molecule has 7 saturated carbocycles. The molecular weight excluding hydrogens is 1220 g/mol. The predicted molar refractivity (Wildman–Crippen MR) is 393 cm³/mol. The molecule has 0 radical (unpaired) electrons. The number of halogens is 3. The van der Waals surface area contributed by atoms with Crippen molar-refractivity contribution in [1.82, 2.24) is 19.6 Å². The highest BCUT2D eigenvalue weighted by Gasteiger charge is 2.44. The van der Waals surface area contributed by atoms with E-state index in [0.29, 0.717) is 29.0 Å². The van der Waals surface area contributed by atoms with Gasteiger partial charge in [-0.2, -0.15) is 18.4 Å². The van der Waals surface area contributed by atoms with Crippen LogP contribution in [0.2, 0.25) is 0 Å². The number of likely N-dealkylation sites (tertiary alicyclic amines) is 4. The van der Waals surface area contributed by atoms with Gasteiger partial charge in [0.1, 0.15) is 17.2 Å². The van der Waals surface area contributed by atoms with Crippen LogP contribution >= 0.6 is 0 Å². The first kappa shape index (κ1) is 71.0. The Labute approximate surface area is 588 Å². The summed E-state index contributed by atoms with van der Waals surface area (Å²) >= 11 is 0. The summed E-state index contributed by atoms with van der Waals surface area (Å²) in [7, 11) is 5.29. The third kappa shape index (κ3) is 17.4. The van der Waals surface area contributed by atoms with Crippen LogP contribution in [0.5, 0.6) is 17.2 Å². The van der Waals surface area contributed by atoms with E-state index in [1.54, 1.807) is 45.4 Å². The quantitative estimate of drug-likeness (QED) is 0.116. The summed E-state index contributed by atoms with van der Waals surface area (Å²) in [6, 6.07) is 38.4. The number of alkyl halides is 3. The van der Waals surface area contributed by atoms with Gasteiger partial charge in [-0.05, 0) is 342 Å². The fourth-order valence-corrected chi connectivity index (χ4v) is 21.5. The van der Waals surface area contributed by atoms with Crippen molar-refractivity contribution in [3.05, 3.63) is 148 Å². The second kappa shape index (κ2) is 33.2. The van der Waals surface area contributed by atoms with E-state index >= 15 is 0 Å². The maximum atomic E-state index is 13.3. The Morgan fingerprint density at radius 3 is 1.60 bits per heavy atom. The number of piperidine rings is 4. The number of hydrogen-bond donors (Lipinski definition) is 0. The van der Waals surface area contributed by atoms with Crippen LogP contribution in [-0.2, 0) is 6.18 Å². The molecule has 11 heteroatoms. The Bertz CT molecular complexity index is 3380. The van der Waals surface area contributed by atoms with Crippen molar-refractivity contribution in [3.63, 3.8) is 0 Å². The van der Waals surface area contributed by atoms with Crippen LogP contribution in [0.25, 0.3) is 11.1 Å². The first-order chi connectivity index (χ1) is 47.7. The molecule has 0 aromatic heterocycles. The Hall–Kier alpha value is -5.38. The van der Waals surface area contributed by atoms with Gasteiger partial charge in [0, 0.05) is 30.2 Å². The van der Waals surface area contributed by atoms with E-state index in [2.05, 4.69) is 88.0 Å². The van der Waals surface area contributed by atoms with Gasteiger partial charge in [0.15, 0.2) is 0 Å². The maximum Gasteiger partial charge on any atom is 0.416 e. The predicted octanol–water partition coefficient (Wildman–Crippen LogP) is 20.6. The molecule has 16 rings (SSSR count). The lowest BCUT2D eigenvalue weighted by Gasteiger charge is -2.40. The van der Waals surface area contributed by atoms with Gasteiger partial charge in [-0.15, -0.1) is 0 Å². The fourth-order valence-electron chi connectivity index (χ4n) is 21.5. The first-order valence-corrected chi connectivity index (χ1v) is 39.3. The van der Waals surface area contributed by atoms with E-state index in [0.717, 1.165) is 108 Å². The topological polar surface area (TPSA) is 64.4 Å². The molecule has 98 heavy (non-hydrogen) atoms. The standard InChI is InChI=1S/C25H30N2O.C21H28F3N.C21H31NO2.C20H29N/c1-28-25-12-11-22(20-9-7-19(18-26)8-10-20)17-24(25)21-13-15-27(16-14-21)23-5-3-2-4-6-23;22-21(23,24)20-4-2-1-3-19(20)17-9-11-25(12-10-17)18-8-7-15-5-6-16(13-15)14-18;1-23-19-5-6-21(24-2)20(13-19)16-7-9-22(10-8-16)14-18-12-15-3-4-17(18)11-15;1-14-3-4-15(2)19(11-14)17-7-9-21(10-8-17)20-13-16-5-6-18(20)12-16/h7-12,17,21,23H,2-6,13-16H2,1H3;1-4,15-18H,5-14H2;5-6,13,15-18H,3-4,7-12,14H2,1-2H3;3-4,11,16-18,20H,5-10,12-13H2,1-2H3/t;;15-,17?,18?;/m..0./s1. The Balaban J connectivity index is 0.000000118. The molecule has 7 aliphatic carbocycles. The number of nitriles is 1. The van der Waals surface area contributed by atoms with E-state index in [-0.39, 0.29) is 5.92 Å². The molecule has 5 aromatic rings. The molecule has 530 valence electrons. The van der Waals surface area contributed by atoms with Crippen molar-refractivity contribution in [2.24, 2.45) is 41.4 Å². The molecule has 11 fully saturated rings. The van der Waals surface area contributed by atoms with Crippen molar-refractivity contribution in [1.29, 1.82) is 5.26 Å². The van der Waals surface area contributed by atoms with Gasteiger partial charge in [-0.3, -0.25) is 0 Å². The van der Waals surface area contributed by atoms with E-state index < -0.39 is 11.7 Å². The molecule has 0 spiro atoms. The molecule has 4 saturated heterocycles. The van der Waals surface area contributed by atoms with Crippen LogP contribution in [0, 0.1) is 66.6 Å². The summed E-state index contributed by atoms with van der Waals surface area (Å²) in [4.78, 5) is 10.9. The number of aryl methyl sites for hydroxylation is 2. The zero-order valence-electron chi connectivity index (χ0n) is 60.4. The van der Waals surface area contributed by atoms with Gasteiger partial charge in [0.05, 0.1) is 38.5 Å². The SMILES string of the molecule is COc1ccc(-c2ccc(C#N)cc2)cc1C1CCN(C2CCCCC2)CC1.COc1ccc(OC)c(C2CCN(CC3C[C@H]4CCC3C4)CC2)c1.Cc1ccc(C)c(C2CCN(C3CC4CCC3C4)CC2)c1.FC(F)(F)c1ccccc1C1CCN(C2CCC3CCC(C3)C2)CC1. The van der Waals surface area contributed by atoms with E-state index in [1.807, 2.05) is 30.3 Å². The summed E-state index contributed by atoms with van der Waals surface area (Å²) in [5.41, 5.74) is 10.4. The lowest BCUT2D eigenvalue weighted by atomic mass is 9.84. The third-order valence-electron chi connectivity index (χ3n) is 27.0. The van der Waals surface area contributed by atoms with Gasteiger partial charge in [-0.25, -0.2) is 0 Å². The molecule has 8 nitrogen and oxygen atoms in total. The largest absolute Gasteiger partial charge is 0.497 e. The van der Waals surface area contributed by atoms with Crippen LogP contribution in [0.1, 0.15) is 242 Å². The van der Waals surface area contributed by atoms with Crippen LogP contribution in [0.4, 0.5) is 13.2 Å². The average Bonchev–Trinajstić information content (AvgIpc) is 1.65. The third-order valence-corrected chi connectivity index (χ3v) is 27.0. The van der Waals surface area contributed by atoms with E-state index in [1.165, 1.54) is 240 Å². The summed E-state index contributed by atoms with van der Waals surface area (Å²) in [6.45, 7) is 15.3. The molecule has 8 unspecified atom stereocenters. The van der Waals surface area contributed by atoms with Crippen LogP contribution in [0.3, 0.4) is 0 Å². The molecular formula is C87H118F3N5O3. The summed E-state index contributed by atoms with van der Waals surface area (Å²) < 4.78 is 56.6. The van der Waals surface area contributed by atoms with Crippen molar-refractivity contribution in [2.45, 2.75) is 235 Å². The minimum atomic E-state index is -4.24. The van der Waals surface area contributed by atoms with Crippen molar-refractivity contribution >= 4 is 0 Å². The van der Waals surface area contributed by atoms with E-state index in [4.69, 9.17) is 19.5 Å². The molecule has 4 aliphatic heterocycles. The van der Waals surface area contributed by atoms with Gasteiger partial charge >= 0.3 is 6.18 Å². The van der Waals surface area contributed by atoms with Crippen LogP contribution in [-0.4, -0.2) is 118 Å². The van der Waals surface area contributed by atoms with Crippen molar-refractivity contribution in [3.8, 4) is 34.4 Å². The minimum Gasteiger partial charge on any atom is -0.497 e. The lowest BCUT2D eigenvalue weighted by molar-refractivity contribution is -0.138. The number of methoxy groups -OCH3 is 3. The summed E-state index contributed by atoms with van der Waals surface area (Å²) in [5.74, 6) is 12.1. The fraction of sp³-hybridized carbons (Fsp3) is 0.644. The normalized spacial score (nSPS) is 28.4. The molecule has 11 aliphatic rings. The highest BCUT2D eigenvalue weighted by atomic mass is 19.4. The van der Waals surface area contributed by atoms with Gasteiger partial charge in [0.2, 0.25) is 0 Å². The highest BCUT2D eigenvalue weighted by molar-refractivity contribution is 5.67. The molecule has 5 aromatic carbocycles. The molecule has 4 heterocycles. The molecule has 0 N–H and O–H groups in total.